The Morgan fingerprint density at radius 1 is 1.60 bits per heavy atom. The van der Waals surface area contributed by atoms with Crippen LogP contribution in [0.3, 0.4) is 0 Å². The number of nitriles is 1. The first-order chi connectivity index (χ1) is 9.56. The Morgan fingerprint density at radius 2 is 2.35 bits per heavy atom. The highest BCUT2D eigenvalue weighted by atomic mass is 16.5. The number of phenols is 1. The predicted molar refractivity (Wildman–Crippen MR) is 69.2 cm³/mol. The average Bonchev–Trinajstić information content (AvgIpc) is 2.82. The average molecular weight is 274 g/mol. The van der Waals surface area contributed by atoms with Crippen LogP contribution in [0.25, 0.3) is 0 Å². The quantitative estimate of drug-likeness (QED) is 0.497. The molecule has 1 unspecified atom stereocenters. The number of likely N-dealkylation sites (N-methyl/N-ethyl adjacent to an activating group) is 1. The second kappa shape index (κ2) is 5.53. The van der Waals surface area contributed by atoms with Gasteiger partial charge in [-0.2, -0.15) is 5.26 Å². The minimum absolute atomic E-state index is 0.139. The number of hydrogen-bond acceptors (Lipinski definition) is 6. The molecule has 1 aromatic rings. The van der Waals surface area contributed by atoms with Gasteiger partial charge in [-0.05, 0) is 17.7 Å². The molecule has 2 rings (SSSR count). The molecule has 1 heterocycles. The zero-order valence-corrected chi connectivity index (χ0v) is 11.2. The van der Waals surface area contributed by atoms with E-state index in [2.05, 4.69) is 4.74 Å². The van der Waals surface area contributed by atoms with Crippen molar-refractivity contribution in [1.82, 2.24) is 4.90 Å². The fraction of sp³-hybridized carbons (Fsp3) is 0.286. The van der Waals surface area contributed by atoms with Crippen LogP contribution in [-0.2, 0) is 14.3 Å². The van der Waals surface area contributed by atoms with E-state index in [0.717, 1.165) is 5.56 Å². The van der Waals surface area contributed by atoms with E-state index in [1.807, 2.05) is 6.07 Å². The molecule has 0 radical (unpaired) electrons. The molecule has 1 N–H and O–H groups in total. The topological polar surface area (TPSA) is 82.8 Å². The lowest BCUT2D eigenvalue weighted by Crippen LogP contribution is -2.17. The monoisotopic (exact) mass is 274 g/mol. The third-order valence-corrected chi connectivity index (χ3v) is 3.00. The third kappa shape index (κ3) is 2.52. The minimum Gasteiger partial charge on any atom is -0.508 e. The first kappa shape index (κ1) is 13.7. The summed E-state index contributed by atoms with van der Waals surface area (Å²) in [7, 11) is 2.93. The van der Waals surface area contributed by atoms with Crippen LogP contribution in [0.1, 0.15) is 11.7 Å². The summed E-state index contributed by atoms with van der Waals surface area (Å²) in [5, 5.41) is 18.5. The van der Waals surface area contributed by atoms with Crippen molar-refractivity contribution in [1.29, 1.82) is 5.26 Å². The molecule has 0 saturated carbocycles. The number of benzene rings is 1. The van der Waals surface area contributed by atoms with Gasteiger partial charge >= 0.3 is 5.97 Å². The van der Waals surface area contributed by atoms with Crippen molar-refractivity contribution in [3.8, 4) is 11.8 Å². The van der Waals surface area contributed by atoms with Crippen molar-refractivity contribution >= 4 is 5.97 Å². The van der Waals surface area contributed by atoms with Crippen molar-refractivity contribution in [3.05, 3.63) is 41.3 Å². The van der Waals surface area contributed by atoms with Crippen LogP contribution in [0.4, 0.5) is 0 Å². The Morgan fingerprint density at radius 3 is 2.95 bits per heavy atom. The molecule has 6 nitrogen and oxygen atoms in total. The highest BCUT2D eigenvalue weighted by Gasteiger charge is 2.32. The summed E-state index contributed by atoms with van der Waals surface area (Å²) in [6.45, 7) is 0.473. The van der Waals surface area contributed by atoms with E-state index in [1.54, 1.807) is 36.2 Å². The molecule has 0 aromatic heterocycles. The molecular weight excluding hydrogens is 260 g/mol. The number of esters is 1. The highest BCUT2D eigenvalue weighted by Crippen LogP contribution is 2.33. The zero-order chi connectivity index (χ0) is 14.7. The Kier molecular flexibility index (Phi) is 3.80. The lowest BCUT2D eigenvalue weighted by atomic mass is 10.1. The Hall–Kier alpha value is -2.68. The summed E-state index contributed by atoms with van der Waals surface area (Å²) < 4.78 is 10.2. The smallest absolute Gasteiger partial charge is 0.354 e. The van der Waals surface area contributed by atoms with Crippen molar-refractivity contribution in [2.45, 2.75) is 6.10 Å². The highest BCUT2D eigenvalue weighted by molar-refractivity contribution is 5.93. The Bertz CT molecular complexity index is 603. The second-order valence-corrected chi connectivity index (χ2v) is 4.37. The predicted octanol–water partition coefficient (Wildman–Crippen LogP) is 1.30. The van der Waals surface area contributed by atoms with Gasteiger partial charge in [0.25, 0.3) is 0 Å². The number of carbonyl (C=O) groups excluding carboxylic acids is 1. The summed E-state index contributed by atoms with van der Waals surface area (Å²) in [5.41, 5.74) is 0.603. The maximum atomic E-state index is 11.5. The standard InChI is InChI=1S/C14H14N2O4/c1-16-8-12(9-4-3-5-10(17)6-9)20-13(16)11(7-15)14(18)19-2/h3-6,12,17H,8H2,1-2H3. The van der Waals surface area contributed by atoms with Gasteiger partial charge in [-0.15, -0.1) is 0 Å². The fourth-order valence-corrected chi connectivity index (χ4v) is 2.02. The minimum atomic E-state index is -0.731. The molecule has 20 heavy (non-hydrogen) atoms. The molecule has 1 aliphatic heterocycles. The molecule has 0 spiro atoms. The molecule has 0 aliphatic carbocycles. The summed E-state index contributed by atoms with van der Waals surface area (Å²) >= 11 is 0. The van der Waals surface area contributed by atoms with E-state index in [4.69, 9.17) is 10.00 Å². The van der Waals surface area contributed by atoms with Gasteiger partial charge in [-0.3, -0.25) is 0 Å². The lowest BCUT2D eigenvalue weighted by Gasteiger charge is -2.10. The first-order valence-electron chi connectivity index (χ1n) is 5.96. The maximum Gasteiger partial charge on any atom is 0.354 e. The van der Waals surface area contributed by atoms with E-state index < -0.39 is 5.97 Å². The van der Waals surface area contributed by atoms with Gasteiger partial charge in [0, 0.05) is 7.05 Å². The normalized spacial score (nSPS) is 20.1. The van der Waals surface area contributed by atoms with Crippen molar-refractivity contribution in [2.24, 2.45) is 0 Å². The SMILES string of the molecule is COC(=O)C(C#N)=C1OC(c2cccc(O)c2)CN1C. The van der Waals surface area contributed by atoms with Crippen molar-refractivity contribution in [3.63, 3.8) is 0 Å². The first-order valence-corrected chi connectivity index (χ1v) is 5.96. The van der Waals surface area contributed by atoms with Crippen molar-refractivity contribution in [2.75, 3.05) is 20.7 Å². The van der Waals surface area contributed by atoms with E-state index in [1.165, 1.54) is 7.11 Å². The van der Waals surface area contributed by atoms with E-state index >= 15 is 0 Å². The summed E-state index contributed by atoms with van der Waals surface area (Å²) in [6, 6.07) is 8.47. The number of methoxy groups -OCH3 is 1. The Balaban J connectivity index is 2.31. The van der Waals surface area contributed by atoms with Gasteiger partial charge in [0.2, 0.25) is 5.88 Å². The molecule has 104 valence electrons. The maximum absolute atomic E-state index is 11.5. The van der Waals surface area contributed by atoms with Crippen LogP contribution in [0.5, 0.6) is 5.75 Å². The van der Waals surface area contributed by atoms with Crippen LogP contribution in [0.15, 0.2) is 35.7 Å². The largest absolute Gasteiger partial charge is 0.508 e. The molecular formula is C14H14N2O4. The van der Waals surface area contributed by atoms with Crippen LogP contribution in [0, 0.1) is 11.3 Å². The van der Waals surface area contributed by atoms with Gasteiger partial charge in [-0.25, -0.2) is 4.79 Å². The van der Waals surface area contributed by atoms with Crippen LogP contribution in [0.2, 0.25) is 0 Å². The third-order valence-electron chi connectivity index (χ3n) is 3.00. The number of carbonyl (C=O) groups is 1. The molecule has 6 heteroatoms. The molecule has 1 atom stereocenters. The molecule has 0 amide bonds. The number of aromatic hydroxyl groups is 1. The van der Waals surface area contributed by atoms with Gasteiger partial charge < -0.3 is 19.5 Å². The van der Waals surface area contributed by atoms with E-state index in [0.29, 0.717) is 6.54 Å². The van der Waals surface area contributed by atoms with E-state index in [-0.39, 0.29) is 23.3 Å². The van der Waals surface area contributed by atoms with E-state index in [9.17, 15) is 9.90 Å². The molecule has 1 saturated heterocycles. The van der Waals surface area contributed by atoms with Gasteiger partial charge in [0.15, 0.2) is 5.57 Å². The van der Waals surface area contributed by atoms with Crippen molar-refractivity contribution < 1.29 is 19.4 Å². The summed E-state index contributed by atoms with van der Waals surface area (Å²) in [4.78, 5) is 13.2. The van der Waals surface area contributed by atoms with Crippen LogP contribution >= 0.6 is 0 Å². The number of phenolic OH excluding ortho intramolecular Hbond substituents is 1. The molecule has 1 aromatic carbocycles. The summed E-state index contributed by atoms with van der Waals surface area (Å²) in [5.74, 6) is -0.404. The van der Waals surface area contributed by atoms with Crippen LogP contribution < -0.4 is 0 Å². The van der Waals surface area contributed by atoms with Gasteiger partial charge in [0.1, 0.15) is 17.9 Å². The molecule has 1 aliphatic rings. The zero-order valence-electron chi connectivity index (χ0n) is 11.2. The number of hydrogen-bond donors (Lipinski definition) is 1. The summed E-state index contributed by atoms with van der Waals surface area (Å²) in [6.07, 6.45) is -0.352. The second-order valence-electron chi connectivity index (χ2n) is 4.37. The molecule has 1 fully saturated rings. The van der Waals surface area contributed by atoms with Gasteiger partial charge in [0.05, 0.1) is 13.7 Å². The Labute approximate surface area is 116 Å². The number of ether oxygens (including phenoxy) is 2. The van der Waals surface area contributed by atoms with Gasteiger partial charge in [-0.1, -0.05) is 12.1 Å². The number of nitrogens with zero attached hydrogens (tertiary/aromatic N) is 2. The lowest BCUT2D eigenvalue weighted by molar-refractivity contribution is -0.136. The fourth-order valence-electron chi connectivity index (χ4n) is 2.02. The molecule has 0 bridgehead atoms. The van der Waals surface area contributed by atoms with Crippen LogP contribution in [-0.4, -0.2) is 36.7 Å². The number of rotatable bonds is 2.